The second kappa shape index (κ2) is 10.8. The third-order valence-electron chi connectivity index (χ3n) is 7.15. The molecule has 1 amide bonds. The quantitative estimate of drug-likeness (QED) is 0.571. The van der Waals surface area contributed by atoms with Gasteiger partial charge in [0.15, 0.2) is 0 Å². The molecule has 3 rings (SSSR count). The van der Waals surface area contributed by atoms with Crippen molar-refractivity contribution in [2.75, 3.05) is 13.1 Å². The highest BCUT2D eigenvalue weighted by Crippen LogP contribution is 2.44. The van der Waals surface area contributed by atoms with Crippen molar-refractivity contribution >= 4 is 5.91 Å². The number of carbonyl (C=O) groups excluding carboxylic acids is 1. The molecule has 0 bridgehead atoms. The molecule has 3 atom stereocenters. The summed E-state index contributed by atoms with van der Waals surface area (Å²) in [6.07, 6.45) is 3.68. The molecule has 1 heterocycles. The van der Waals surface area contributed by atoms with Gasteiger partial charge >= 0.3 is 0 Å². The summed E-state index contributed by atoms with van der Waals surface area (Å²) in [7, 11) is 0. The number of amides is 1. The number of aliphatic hydroxyl groups is 1. The third kappa shape index (κ3) is 5.30. The summed E-state index contributed by atoms with van der Waals surface area (Å²) in [5.74, 6) is -0.540. The minimum absolute atomic E-state index is 0.0491. The minimum atomic E-state index is -1.24. The Balaban J connectivity index is 2.05. The first-order valence-electron chi connectivity index (χ1n) is 12.4. The number of nitrogens with two attached hydrogens (primary N) is 1. The van der Waals surface area contributed by atoms with E-state index in [1.807, 2.05) is 51.1 Å². The Morgan fingerprint density at radius 2 is 1.97 bits per heavy atom. The van der Waals surface area contributed by atoms with E-state index in [2.05, 4.69) is 6.92 Å². The number of hydrogen-bond acceptors (Lipinski definition) is 3. The lowest BCUT2D eigenvalue weighted by molar-refractivity contribution is -0.139. The van der Waals surface area contributed by atoms with Crippen molar-refractivity contribution in [3.8, 4) is 11.1 Å². The van der Waals surface area contributed by atoms with Crippen LogP contribution in [0.3, 0.4) is 0 Å². The average molecular weight is 455 g/mol. The maximum atomic E-state index is 15.3. The van der Waals surface area contributed by atoms with Gasteiger partial charge in [0.1, 0.15) is 5.82 Å². The average Bonchev–Trinajstić information content (AvgIpc) is 2.83. The molecule has 0 aliphatic carbocycles. The lowest BCUT2D eigenvalue weighted by atomic mass is 9.72. The first-order chi connectivity index (χ1) is 15.7. The zero-order valence-corrected chi connectivity index (χ0v) is 20.5. The largest absolute Gasteiger partial charge is 0.385 e. The second-order valence-corrected chi connectivity index (χ2v) is 9.78. The third-order valence-corrected chi connectivity index (χ3v) is 7.15. The van der Waals surface area contributed by atoms with Crippen molar-refractivity contribution < 1.29 is 14.3 Å². The number of halogens is 1. The van der Waals surface area contributed by atoms with Gasteiger partial charge in [-0.2, -0.15) is 0 Å². The molecule has 2 aromatic rings. The normalized spacial score (nSPS) is 19.4. The van der Waals surface area contributed by atoms with E-state index in [-0.39, 0.29) is 23.6 Å². The van der Waals surface area contributed by atoms with Crippen molar-refractivity contribution in [3.05, 3.63) is 59.4 Å². The predicted molar refractivity (Wildman–Crippen MR) is 132 cm³/mol. The van der Waals surface area contributed by atoms with Crippen molar-refractivity contribution in [2.24, 2.45) is 17.6 Å². The van der Waals surface area contributed by atoms with Gasteiger partial charge in [-0.3, -0.25) is 4.79 Å². The van der Waals surface area contributed by atoms with Gasteiger partial charge in [0, 0.05) is 24.6 Å². The molecule has 0 spiro atoms. The molecule has 1 fully saturated rings. The van der Waals surface area contributed by atoms with E-state index in [1.54, 1.807) is 11.0 Å². The van der Waals surface area contributed by atoms with Crippen LogP contribution < -0.4 is 5.73 Å². The van der Waals surface area contributed by atoms with Crippen LogP contribution in [-0.4, -0.2) is 35.0 Å². The van der Waals surface area contributed by atoms with E-state index in [4.69, 9.17) is 5.73 Å². The smallest absolute Gasteiger partial charge is 0.239 e. The van der Waals surface area contributed by atoms with Gasteiger partial charge in [-0.05, 0) is 54.4 Å². The first-order valence-corrected chi connectivity index (χ1v) is 12.4. The lowest BCUT2D eigenvalue weighted by Crippen LogP contribution is -2.53. The highest BCUT2D eigenvalue weighted by atomic mass is 19.1. The molecule has 3 N–H and O–H groups in total. The van der Waals surface area contributed by atoms with Crippen LogP contribution in [0.25, 0.3) is 11.1 Å². The molecule has 33 heavy (non-hydrogen) atoms. The minimum Gasteiger partial charge on any atom is -0.385 e. The Hall–Kier alpha value is -2.24. The zero-order valence-electron chi connectivity index (χ0n) is 20.5. The highest BCUT2D eigenvalue weighted by molar-refractivity contribution is 5.82. The number of aryl methyl sites for hydroxylation is 1. The molecule has 2 unspecified atom stereocenters. The van der Waals surface area contributed by atoms with Crippen LogP contribution in [0.4, 0.5) is 4.39 Å². The molecule has 0 radical (unpaired) electrons. The van der Waals surface area contributed by atoms with E-state index in [1.165, 1.54) is 6.07 Å². The Morgan fingerprint density at radius 3 is 2.64 bits per heavy atom. The van der Waals surface area contributed by atoms with Crippen molar-refractivity contribution in [2.45, 2.75) is 71.4 Å². The van der Waals surface area contributed by atoms with Crippen molar-refractivity contribution in [1.82, 2.24) is 4.90 Å². The Kier molecular flexibility index (Phi) is 8.30. The van der Waals surface area contributed by atoms with Crippen LogP contribution in [0.15, 0.2) is 42.5 Å². The van der Waals surface area contributed by atoms with Gasteiger partial charge in [0.2, 0.25) is 5.91 Å². The standard InChI is InChI=1S/C28H39FN2O2/c1-5-15-28(33,22-12-9-16-31(18-22)27(32)26(30)19(3)4)23-13-8-14-24(29)25(23)21-11-7-10-20(6-2)17-21/h7-8,10-11,13-14,17,19,22,26,33H,5-6,9,12,15-16,18,30H2,1-4H3/t22?,26-,28?/m0/s1. The molecule has 1 saturated heterocycles. The number of piperidine rings is 1. The number of rotatable bonds is 8. The second-order valence-electron chi connectivity index (χ2n) is 9.78. The summed E-state index contributed by atoms with van der Waals surface area (Å²) in [4.78, 5) is 14.8. The molecule has 0 saturated carbocycles. The Labute approximate surface area is 198 Å². The van der Waals surface area contributed by atoms with Crippen LogP contribution in [0, 0.1) is 17.7 Å². The maximum Gasteiger partial charge on any atom is 0.239 e. The first kappa shape index (κ1) is 25.4. The SMILES string of the molecule is CCCC(O)(c1cccc(F)c1-c1cccc(CC)c1)C1CCCN(C(=O)[C@@H](N)C(C)C)C1. The molecule has 0 aromatic heterocycles. The van der Waals surface area contributed by atoms with Crippen LogP contribution in [0.2, 0.25) is 0 Å². The zero-order chi connectivity index (χ0) is 24.2. The highest BCUT2D eigenvalue weighted by Gasteiger charge is 2.43. The van der Waals surface area contributed by atoms with E-state index in [0.29, 0.717) is 30.6 Å². The van der Waals surface area contributed by atoms with Crippen LogP contribution >= 0.6 is 0 Å². The van der Waals surface area contributed by atoms with Gasteiger partial charge in [-0.15, -0.1) is 0 Å². The van der Waals surface area contributed by atoms with Gasteiger partial charge in [0.25, 0.3) is 0 Å². The summed E-state index contributed by atoms with van der Waals surface area (Å²) < 4.78 is 15.3. The molecular weight excluding hydrogens is 415 g/mol. The number of hydrogen-bond donors (Lipinski definition) is 2. The summed E-state index contributed by atoms with van der Waals surface area (Å²) in [6.45, 7) is 9.07. The van der Waals surface area contributed by atoms with Crippen molar-refractivity contribution in [3.63, 3.8) is 0 Å². The van der Waals surface area contributed by atoms with Crippen LogP contribution in [0.1, 0.15) is 64.5 Å². The van der Waals surface area contributed by atoms with E-state index in [0.717, 1.165) is 36.8 Å². The number of likely N-dealkylation sites (tertiary alicyclic amines) is 1. The van der Waals surface area contributed by atoms with Gasteiger partial charge in [-0.25, -0.2) is 4.39 Å². The number of carbonyl (C=O) groups is 1. The van der Waals surface area contributed by atoms with Gasteiger partial charge in [0.05, 0.1) is 11.6 Å². The Morgan fingerprint density at radius 1 is 1.24 bits per heavy atom. The molecular formula is C28H39FN2O2. The molecule has 180 valence electrons. The summed E-state index contributed by atoms with van der Waals surface area (Å²) in [5.41, 5.74) is 7.90. The van der Waals surface area contributed by atoms with Crippen molar-refractivity contribution in [1.29, 1.82) is 0 Å². The molecule has 4 nitrogen and oxygen atoms in total. The fourth-order valence-corrected chi connectivity index (χ4v) is 5.13. The molecule has 2 aromatic carbocycles. The topological polar surface area (TPSA) is 66.6 Å². The summed E-state index contributed by atoms with van der Waals surface area (Å²) in [6, 6.07) is 12.3. The predicted octanol–water partition coefficient (Wildman–Crippen LogP) is 5.26. The molecule has 1 aliphatic heterocycles. The van der Waals surface area contributed by atoms with E-state index in [9.17, 15) is 9.90 Å². The van der Waals surface area contributed by atoms with Gasteiger partial charge < -0.3 is 15.7 Å². The lowest BCUT2D eigenvalue weighted by Gasteiger charge is -2.44. The van der Waals surface area contributed by atoms with Crippen LogP contribution in [-0.2, 0) is 16.8 Å². The van der Waals surface area contributed by atoms with Gasteiger partial charge in [-0.1, -0.05) is 70.5 Å². The van der Waals surface area contributed by atoms with Crippen LogP contribution in [0.5, 0.6) is 0 Å². The Bertz CT molecular complexity index is 961. The number of benzene rings is 2. The summed E-state index contributed by atoms with van der Waals surface area (Å²) >= 11 is 0. The van der Waals surface area contributed by atoms with E-state index >= 15 is 4.39 Å². The maximum absolute atomic E-state index is 15.3. The molecule has 1 aliphatic rings. The fraction of sp³-hybridized carbons (Fsp3) is 0.536. The molecule has 5 heteroatoms. The number of nitrogens with zero attached hydrogens (tertiary/aromatic N) is 1. The van der Waals surface area contributed by atoms with E-state index < -0.39 is 11.6 Å². The monoisotopic (exact) mass is 454 g/mol. The fourth-order valence-electron chi connectivity index (χ4n) is 5.13. The summed E-state index contributed by atoms with van der Waals surface area (Å²) in [5, 5.41) is 12.2.